The van der Waals surface area contributed by atoms with Crippen LogP contribution in [0.25, 0.3) is 5.65 Å². The summed E-state index contributed by atoms with van der Waals surface area (Å²) in [5.74, 6) is -0.406. The van der Waals surface area contributed by atoms with Gasteiger partial charge in [0.1, 0.15) is 5.69 Å². The van der Waals surface area contributed by atoms with Crippen LogP contribution < -0.4 is 0 Å². The van der Waals surface area contributed by atoms with Gasteiger partial charge < -0.3 is 0 Å². The van der Waals surface area contributed by atoms with Gasteiger partial charge in [0.05, 0.1) is 10.9 Å². The molecule has 1 atom stereocenters. The van der Waals surface area contributed by atoms with Gasteiger partial charge in [0.25, 0.3) is 0 Å². The first-order chi connectivity index (χ1) is 12.4. The molecule has 1 fully saturated rings. The van der Waals surface area contributed by atoms with Crippen LogP contribution in [0, 0.1) is 0 Å². The average molecular weight is 404 g/mol. The minimum Gasteiger partial charge on any atom is -0.233 e. The Bertz CT molecular complexity index is 951. The van der Waals surface area contributed by atoms with Crippen molar-refractivity contribution in [3.8, 4) is 0 Å². The molecule has 27 heavy (non-hydrogen) atoms. The molecule has 3 heterocycles. The van der Waals surface area contributed by atoms with Gasteiger partial charge in [-0.15, -0.1) is 0 Å². The maximum Gasteiger partial charge on any atom is 0.433 e. The molecule has 0 saturated carbocycles. The lowest BCUT2D eigenvalue weighted by Gasteiger charge is -2.18. The highest BCUT2D eigenvalue weighted by atomic mass is 32.2. The van der Waals surface area contributed by atoms with Gasteiger partial charge in [-0.1, -0.05) is 13.8 Å². The number of hydrogen-bond donors (Lipinski definition) is 0. The maximum absolute atomic E-state index is 13.5. The van der Waals surface area contributed by atoms with Crippen molar-refractivity contribution in [3.63, 3.8) is 0 Å². The Morgan fingerprint density at radius 3 is 2.41 bits per heavy atom. The average Bonchev–Trinajstić information content (AvgIpc) is 3.19. The fraction of sp³-hybridized carbons (Fsp3) is 0.647. The molecule has 0 amide bonds. The van der Waals surface area contributed by atoms with E-state index in [-0.39, 0.29) is 24.0 Å². The molecule has 2 aromatic heterocycles. The first-order valence-electron chi connectivity index (χ1n) is 8.88. The number of rotatable bonds is 4. The Kier molecular flexibility index (Phi) is 5.00. The molecule has 3 rings (SSSR count). The normalized spacial score (nSPS) is 19.7. The molecule has 0 unspecified atom stereocenters. The third-order valence-electron chi connectivity index (χ3n) is 4.87. The van der Waals surface area contributed by atoms with Gasteiger partial charge in [0, 0.05) is 30.8 Å². The molecule has 2 aromatic rings. The molecule has 0 radical (unpaired) electrons. The lowest BCUT2D eigenvalue weighted by Crippen LogP contribution is -2.34. The Balaban J connectivity index is 2.00. The number of hydrogen-bond acceptors (Lipinski definition) is 4. The smallest absolute Gasteiger partial charge is 0.233 e. The molecule has 0 aliphatic carbocycles. The SMILES string of the molecule is CC(C)c1cc(C(F)(F)F)n2nc([C@@H]3CCN(S(=O)(=O)C(C)C)C3)cc2n1. The van der Waals surface area contributed by atoms with E-state index in [1.165, 1.54) is 10.4 Å². The highest BCUT2D eigenvalue weighted by Crippen LogP contribution is 2.34. The number of fused-ring (bicyclic) bond motifs is 1. The maximum atomic E-state index is 13.5. The summed E-state index contributed by atoms with van der Waals surface area (Å²) in [6, 6.07) is 2.57. The van der Waals surface area contributed by atoms with Crippen molar-refractivity contribution in [3.05, 3.63) is 29.2 Å². The number of halogens is 3. The first-order valence-corrected chi connectivity index (χ1v) is 10.4. The van der Waals surface area contributed by atoms with E-state index < -0.39 is 27.1 Å². The van der Waals surface area contributed by atoms with E-state index in [2.05, 4.69) is 10.1 Å². The predicted molar refractivity (Wildman–Crippen MR) is 95.1 cm³/mol. The minimum absolute atomic E-state index is 0.133. The summed E-state index contributed by atoms with van der Waals surface area (Å²) in [5.41, 5.74) is 0.0490. The highest BCUT2D eigenvalue weighted by molar-refractivity contribution is 7.89. The van der Waals surface area contributed by atoms with Crippen molar-refractivity contribution in [2.24, 2.45) is 0 Å². The molecule has 1 aliphatic rings. The fourth-order valence-electron chi connectivity index (χ4n) is 3.21. The van der Waals surface area contributed by atoms with Crippen LogP contribution in [-0.2, 0) is 16.2 Å². The van der Waals surface area contributed by atoms with E-state index in [0.29, 0.717) is 24.4 Å². The second kappa shape index (κ2) is 6.73. The molecule has 0 spiro atoms. The molecule has 0 bridgehead atoms. The minimum atomic E-state index is -4.56. The second-order valence-corrected chi connectivity index (χ2v) is 9.98. The number of alkyl halides is 3. The van der Waals surface area contributed by atoms with Crippen LogP contribution in [-0.4, -0.2) is 45.7 Å². The number of nitrogens with zero attached hydrogens (tertiary/aromatic N) is 4. The van der Waals surface area contributed by atoms with Gasteiger partial charge in [-0.2, -0.15) is 18.3 Å². The molecular weight excluding hydrogens is 381 g/mol. The van der Waals surface area contributed by atoms with E-state index in [1.54, 1.807) is 27.7 Å². The Labute approximate surface area is 156 Å². The van der Waals surface area contributed by atoms with Crippen LogP contribution in [0.15, 0.2) is 12.1 Å². The second-order valence-electron chi connectivity index (χ2n) is 7.50. The van der Waals surface area contributed by atoms with Crippen molar-refractivity contribution in [2.75, 3.05) is 13.1 Å². The Morgan fingerprint density at radius 2 is 1.85 bits per heavy atom. The summed E-state index contributed by atoms with van der Waals surface area (Å²) < 4.78 is 67.3. The lowest BCUT2D eigenvalue weighted by molar-refractivity contribution is -0.142. The topological polar surface area (TPSA) is 67.6 Å². The van der Waals surface area contributed by atoms with E-state index in [0.717, 1.165) is 10.6 Å². The molecule has 0 N–H and O–H groups in total. The zero-order valence-corrected chi connectivity index (χ0v) is 16.5. The fourth-order valence-corrected chi connectivity index (χ4v) is 4.55. The van der Waals surface area contributed by atoms with Crippen LogP contribution in [0.3, 0.4) is 0 Å². The molecule has 150 valence electrons. The van der Waals surface area contributed by atoms with E-state index in [9.17, 15) is 21.6 Å². The molecule has 0 aromatic carbocycles. The highest BCUT2D eigenvalue weighted by Gasteiger charge is 2.38. The van der Waals surface area contributed by atoms with Gasteiger partial charge in [-0.25, -0.2) is 22.2 Å². The number of aromatic nitrogens is 3. The summed E-state index contributed by atoms with van der Waals surface area (Å²) in [5, 5.41) is 3.60. The van der Waals surface area contributed by atoms with E-state index >= 15 is 0 Å². The predicted octanol–water partition coefficient (Wildman–Crippen LogP) is 3.40. The van der Waals surface area contributed by atoms with Crippen molar-refractivity contribution in [1.82, 2.24) is 18.9 Å². The molecule has 1 saturated heterocycles. The standard InChI is InChI=1S/C17H23F3N4O2S/c1-10(2)13-7-15(17(18,19)20)24-16(21-13)8-14(22-24)12-5-6-23(9-12)27(25,26)11(3)4/h7-8,10-12H,5-6,9H2,1-4H3/t12-/m1/s1. The summed E-state index contributed by atoms with van der Waals surface area (Å²) in [7, 11) is -3.39. The van der Waals surface area contributed by atoms with Crippen LogP contribution in [0.1, 0.15) is 63.0 Å². The third kappa shape index (κ3) is 3.69. The Morgan fingerprint density at radius 1 is 1.19 bits per heavy atom. The summed E-state index contributed by atoms with van der Waals surface area (Å²) in [4.78, 5) is 4.31. The molecule has 6 nitrogen and oxygen atoms in total. The van der Waals surface area contributed by atoms with Crippen molar-refractivity contribution in [2.45, 2.75) is 57.4 Å². The lowest BCUT2D eigenvalue weighted by atomic mass is 10.1. The zero-order chi connectivity index (χ0) is 20.1. The van der Waals surface area contributed by atoms with Crippen LogP contribution in [0.2, 0.25) is 0 Å². The van der Waals surface area contributed by atoms with Crippen LogP contribution in [0.5, 0.6) is 0 Å². The van der Waals surface area contributed by atoms with E-state index in [1.807, 2.05) is 0 Å². The van der Waals surface area contributed by atoms with E-state index in [4.69, 9.17) is 0 Å². The number of sulfonamides is 1. The Hall–Kier alpha value is -1.68. The van der Waals surface area contributed by atoms with Crippen LogP contribution in [0.4, 0.5) is 13.2 Å². The van der Waals surface area contributed by atoms with Gasteiger partial charge >= 0.3 is 6.18 Å². The van der Waals surface area contributed by atoms with Crippen LogP contribution >= 0.6 is 0 Å². The summed E-state index contributed by atoms with van der Waals surface area (Å²) >= 11 is 0. The van der Waals surface area contributed by atoms with Crippen molar-refractivity contribution < 1.29 is 21.6 Å². The molecule has 1 aliphatic heterocycles. The van der Waals surface area contributed by atoms with Crippen molar-refractivity contribution in [1.29, 1.82) is 0 Å². The first kappa shape index (κ1) is 20.1. The quantitative estimate of drug-likeness (QED) is 0.783. The zero-order valence-electron chi connectivity index (χ0n) is 15.7. The van der Waals surface area contributed by atoms with Gasteiger partial charge in [0.2, 0.25) is 10.0 Å². The summed E-state index contributed by atoms with van der Waals surface area (Å²) in [6.45, 7) is 7.35. The molecule has 10 heteroatoms. The van der Waals surface area contributed by atoms with Crippen molar-refractivity contribution >= 4 is 15.7 Å². The van der Waals surface area contributed by atoms with Gasteiger partial charge in [-0.3, -0.25) is 0 Å². The molecular formula is C17H23F3N4O2S. The monoisotopic (exact) mass is 404 g/mol. The summed E-state index contributed by atoms with van der Waals surface area (Å²) in [6.07, 6.45) is -4.04. The van der Waals surface area contributed by atoms with Gasteiger partial charge in [0.15, 0.2) is 5.65 Å². The third-order valence-corrected chi connectivity index (χ3v) is 7.12. The van der Waals surface area contributed by atoms with Gasteiger partial charge in [-0.05, 0) is 32.3 Å². The largest absolute Gasteiger partial charge is 0.433 e.